The number of ketones is 1. The molecular weight excluding hydrogens is 350 g/mol. The Morgan fingerprint density at radius 2 is 1.92 bits per heavy atom. The van der Waals surface area contributed by atoms with Gasteiger partial charge in [0.2, 0.25) is 0 Å². The SMILES string of the molecule is Cn1cnc(S(=O)(=O)N2CC3CCC(CC(=O)C4CCCCC4)C3C2)c1. The van der Waals surface area contributed by atoms with Crippen molar-refractivity contribution in [1.82, 2.24) is 13.9 Å². The molecule has 1 saturated heterocycles. The lowest BCUT2D eigenvalue weighted by Gasteiger charge is -2.24. The third-order valence-corrected chi connectivity index (χ3v) is 8.50. The van der Waals surface area contributed by atoms with Crippen LogP contribution in [0.2, 0.25) is 0 Å². The van der Waals surface area contributed by atoms with E-state index in [2.05, 4.69) is 4.98 Å². The molecule has 0 spiro atoms. The number of aromatic nitrogens is 2. The van der Waals surface area contributed by atoms with Crippen molar-refractivity contribution in [2.75, 3.05) is 13.1 Å². The summed E-state index contributed by atoms with van der Waals surface area (Å²) >= 11 is 0. The number of aryl methyl sites for hydroxylation is 1. The average Bonchev–Trinajstić information content (AvgIpc) is 3.33. The van der Waals surface area contributed by atoms with Gasteiger partial charge in [0, 0.05) is 38.7 Å². The highest BCUT2D eigenvalue weighted by molar-refractivity contribution is 7.89. The zero-order valence-electron chi connectivity index (χ0n) is 15.5. The van der Waals surface area contributed by atoms with Crippen molar-refractivity contribution < 1.29 is 13.2 Å². The van der Waals surface area contributed by atoms with Gasteiger partial charge in [0.1, 0.15) is 5.78 Å². The first-order valence-corrected chi connectivity index (χ1v) is 11.4. The second-order valence-corrected chi connectivity index (χ2v) is 10.4. The van der Waals surface area contributed by atoms with Gasteiger partial charge < -0.3 is 4.57 Å². The lowest BCUT2D eigenvalue weighted by atomic mass is 9.80. The Kier molecular flexibility index (Phi) is 4.94. The molecular formula is C19H29N3O3S. The fourth-order valence-corrected chi connectivity index (χ4v) is 6.79. The van der Waals surface area contributed by atoms with E-state index in [-0.39, 0.29) is 10.9 Å². The third kappa shape index (κ3) is 3.36. The van der Waals surface area contributed by atoms with Crippen molar-refractivity contribution >= 4 is 15.8 Å². The van der Waals surface area contributed by atoms with Gasteiger partial charge in [-0.2, -0.15) is 4.31 Å². The number of Topliss-reactive ketones (excluding diaryl/α,β-unsaturated/α-hetero) is 1. The van der Waals surface area contributed by atoms with E-state index in [0.29, 0.717) is 43.0 Å². The molecule has 144 valence electrons. The number of rotatable bonds is 5. The highest BCUT2D eigenvalue weighted by Crippen LogP contribution is 2.45. The van der Waals surface area contributed by atoms with Crippen molar-refractivity contribution in [2.24, 2.45) is 30.7 Å². The van der Waals surface area contributed by atoms with Gasteiger partial charge in [-0.3, -0.25) is 4.79 Å². The van der Waals surface area contributed by atoms with Gasteiger partial charge in [0.25, 0.3) is 10.0 Å². The van der Waals surface area contributed by atoms with E-state index in [9.17, 15) is 13.2 Å². The molecule has 0 N–H and O–H groups in total. The lowest BCUT2D eigenvalue weighted by Crippen LogP contribution is -2.31. The molecule has 26 heavy (non-hydrogen) atoms. The van der Waals surface area contributed by atoms with E-state index in [4.69, 9.17) is 0 Å². The Labute approximate surface area is 156 Å². The Morgan fingerprint density at radius 1 is 1.15 bits per heavy atom. The molecule has 0 radical (unpaired) electrons. The fraction of sp³-hybridized carbons (Fsp3) is 0.789. The summed E-state index contributed by atoms with van der Waals surface area (Å²) in [6.45, 7) is 1.13. The number of hydrogen-bond acceptors (Lipinski definition) is 4. The van der Waals surface area contributed by atoms with Gasteiger partial charge in [0.05, 0.1) is 6.33 Å². The largest absolute Gasteiger partial charge is 0.339 e. The molecule has 2 saturated carbocycles. The normalized spacial score (nSPS) is 30.6. The van der Waals surface area contributed by atoms with Crippen molar-refractivity contribution in [3.63, 3.8) is 0 Å². The second kappa shape index (κ2) is 7.08. The minimum absolute atomic E-state index is 0.134. The summed E-state index contributed by atoms with van der Waals surface area (Å²) in [5.41, 5.74) is 0. The van der Waals surface area contributed by atoms with E-state index >= 15 is 0 Å². The zero-order chi connectivity index (χ0) is 18.3. The van der Waals surface area contributed by atoms with Crippen LogP contribution >= 0.6 is 0 Å². The molecule has 6 nitrogen and oxygen atoms in total. The Bertz CT molecular complexity index is 767. The Balaban J connectivity index is 1.41. The molecule has 0 aromatic carbocycles. The van der Waals surface area contributed by atoms with Crippen molar-refractivity contribution in [3.8, 4) is 0 Å². The van der Waals surface area contributed by atoms with Gasteiger partial charge in [0.15, 0.2) is 5.03 Å². The minimum Gasteiger partial charge on any atom is -0.339 e. The molecule has 7 heteroatoms. The molecule has 3 atom stereocenters. The summed E-state index contributed by atoms with van der Waals surface area (Å²) in [6, 6.07) is 0. The summed E-state index contributed by atoms with van der Waals surface area (Å²) in [5.74, 6) is 1.79. The number of hydrogen-bond donors (Lipinski definition) is 0. The first kappa shape index (κ1) is 18.2. The third-order valence-electron chi connectivity index (χ3n) is 6.78. The fourth-order valence-electron chi connectivity index (χ4n) is 5.29. The van der Waals surface area contributed by atoms with E-state index in [1.807, 2.05) is 0 Å². The maximum absolute atomic E-state index is 12.8. The highest BCUT2D eigenvalue weighted by atomic mass is 32.2. The first-order chi connectivity index (χ1) is 12.4. The Hall–Kier alpha value is -1.21. The number of carbonyl (C=O) groups is 1. The predicted molar refractivity (Wildman–Crippen MR) is 97.9 cm³/mol. The van der Waals surface area contributed by atoms with Gasteiger partial charge in [-0.25, -0.2) is 13.4 Å². The van der Waals surface area contributed by atoms with E-state index < -0.39 is 10.0 Å². The molecule has 2 heterocycles. The maximum atomic E-state index is 12.8. The molecule has 3 unspecified atom stereocenters. The summed E-state index contributed by atoms with van der Waals surface area (Å²) in [5, 5.41) is 0.134. The van der Waals surface area contributed by atoms with Crippen molar-refractivity contribution in [3.05, 3.63) is 12.5 Å². The molecule has 0 bridgehead atoms. The predicted octanol–water partition coefficient (Wildman–Crippen LogP) is 2.61. The summed E-state index contributed by atoms with van der Waals surface area (Å²) in [4.78, 5) is 16.7. The summed E-state index contributed by atoms with van der Waals surface area (Å²) in [6.07, 6.45) is 11.6. The van der Waals surface area contributed by atoms with Crippen LogP contribution in [-0.2, 0) is 21.9 Å². The number of imidazole rings is 1. The number of sulfonamides is 1. The number of nitrogens with zero attached hydrogens (tertiary/aromatic N) is 3. The van der Waals surface area contributed by atoms with E-state index in [1.54, 1.807) is 22.1 Å². The van der Waals surface area contributed by atoms with Crippen LogP contribution in [0.5, 0.6) is 0 Å². The quantitative estimate of drug-likeness (QED) is 0.788. The molecule has 1 aromatic heterocycles. The molecule has 3 fully saturated rings. The average molecular weight is 380 g/mol. The van der Waals surface area contributed by atoms with Crippen LogP contribution in [0, 0.1) is 23.7 Å². The molecule has 3 aliphatic rings. The first-order valence-electron chi connectivity index (χ1n) is 9.96. The van der Waals surface area contributed by atoms with Crippen LogP contribution in [-0.4, -0.2) is 41.1 Å². The molecule has 1 aliphatic heterocycles. The van der Waals surface area contributed by atoms with E-state index in [0.717, 1.165) is 25.7 Å². The van der Waals surface area contributed by atoms with Crippen LogP contribution in [0.25, 0.3) is 0 Å². The topological polar surface area (TPSA) is 72.3 Å². The molecule has 1 aromatic rings. The molecule has 0 amide bonds. The number of fused-ring (bicyclic) bond motifs is 1. The highest BCUT2D eigenvalue weighted by Gasteiger charge is 2.47. The van der Waals surface area contributed by atoms with Crippen molar-refractivity contribution in [1.29, 1.82) is 0 Å². The smallest absolute Gasteiger partial charge is 0.262 e. The van der Waals surface area contributed by atoms with Gasteiger partial charge >= 0.3 is 0 Å². The van der Waals surface area contributed by atoms with Gasteiger partial charge in [-0.1, -0.05) is 19.3 Å². The minimum atomic E-state index is -3.52. The molecule has 4 rings (SSSR count). The van der Waals surface area contributed by atoms with Gasteiger partial charge in [-0.05, 0) is 43.4 Å². The van der Waals surface area contributed by atoms with E-state index in [1.165, 1.54) is 25.6 Å². The van der Waals surface area contributed by atoms with Gasteiger partial charge in [-0.15, -0.1) is 0 Å². The monoisotopic (exact) mass is 379 g/mol. The summed E-state index contributed by atoms with van der Waals surface area (Å²) < 4.78 is 28.9. The molecule has 2 aliphatic carbocycles. The van der Waals surface area contributed by atoms with Crippen LogP contribution in [0.1, 0.15) is 51.4 Å². The van der Waals surface area contributed by atoms with Crippen molar-refractivity contribution in [2.45, 2.75) is 56.4 Å². The van der Waals surface area contributed by atoms with Crippen LogP contribution in [0.3, 0.4) is 0 Å². The Morgan fingerprint density at radius 3 is 2.62 bits per heavy atom. The zero-order valence-corrected chi connectivity index (χ0v) is 16.3. The van der Waals surface area contributed by atoms with Crippen LogP contribution in [0.15, 0.2) is 17.6 Å². The lowest BCUT2D eigenvalue weighted by molar-refractivity contribution is -0.125. The van der Waals surface area contributed by atoms with Crippen LogP contribution < -0.4 is 0 Å². The summed E-state index contributed by atoms with van der Waals surface area (Å²) in [7, 11) is -1.74. The maximum Gasteiger partial charge on any atom is 0.262 e. The van der Waals surface area contributed by atoms with Crippen LogP contribution in [0.4, 0.5) is 0 Å². The standard InChI is InChI=1S/C19H29N3O3S/c1-21-12-19(20-13-21)26(24,25)22-10-16-8-7-15(17(16)11-22)9-18(23)14-5-3-2-4-6-14/h12-17H,2-11H2,1H3. The second-order valence-electron chi connectivity index (χ2n) is 8.47. The number of carbonyl (C=O) groups excluding carboxylic acids is 1.